The maximum atomic E-state index is 11.4. The molecule has 0 unspecified atom stereocenters. The van der Waals surface area contributed by atoms with E-state index in [1.54, 1.807) is 0 Å². The van der Waals surface area contributed by atoms with Gasteiger partial charge in [0.15, 0.2) is 5.11 Å². The maximum absolute atomic E-state index is 11.4. The molecule has 21 heavy (non-hydrogen) atoms. The van der Waals surface area contributed by atoms with Gasteiger partial charge >= 0.3 is 6.09 Å². The Bertz CT molecular complexity index is 523. The number of alkyl carbamates (subject to hydrolysis) is 1. The van der Waals surface area contributed by atoms with E-state index in [1.165, 1.54) is 11.8 Å². The number of thioether (sulfide) groups is 1. The lowest BCUT2D eigenvalue weighted by molar-refractivity contribution is 0.152. The Morgan fingerprint density at radius 3 is 2.43 bits per heavy atom. The van der Waals surface area contributed by atoms with E-state index >= 15 is 0 Å². The van der Waals surface area contributed by atoms with Crippen LogP contribution in [-0.2, 0) is 4.74 Å². The van der Waals surface area contributed by atoms with Crippen LogP contribution in [0.4, 0.5) is 16.2 Å². The molecular formula is C13H17N3O2S3. The van der Waals surface area contributed by atoms with E-state index in [-0.39, 0.29) is 5.11 Å². The standard InChI is InChI=1S/C13H17N3O2S3/c1-3-8-18-12(17)16-11(19)14-9-6-4-5-7-10(9)15-13(20)21-2/h4-7H,3,8H2,1-2H3,(H,15,20)(H2,14,16,17,19). The number of hydrogen-bond acceptors (Lipinski definition) is 5. The van der Waals surface area contributed by atoms with Gasteiger partial charge in [-0.3, -0.25) is 5.32 Å². The Morgan fingerprint density at radius 2 is 1.86 bits per heavy atom. The van der Waals surface area contributed by atoms with Crippen LogP contribution < -0.4 is 16.0 Å². The Labute approximate surface area is 139 Å². The molecule has 1 aromatic carbocycles. The van der Waals surface area contributed by atoms with Crippen molar-refractivity contribution in [1.82, 2.24) is 5.32 Å². The summed E-state index contributed by atoms with van der Waals surface area (Å²) in [6.07, 6.45) is 2.08. The number of carbonyl (C=O) groups is 1. The minimum atomic E-state index is -0.570. The number of benzene rings is 1. The van der Waals surface area contributed by atoms with Gasteiger partial charge in [0.25, 0.3) is 0 Å². The predicted octanol–water partition coefficient (Wildman–Crippen LogP) is 3.58. The molecule has 0 saturated carbocycles. The molecule has 0 fully saturated rings. The lowest BCUT2D eigenvalue weighted by Gasteiger charge is -2.14. The van der Waals surface area contributed by atoms with Gasteiger partial charge in [0.05, 0.1) is 18.0 Å². The number of ether oxygens (including phenoxy) is 1. The molecule has 0 aliphatic rings. The van der Waals surface area contributed by atoms with Gasteiger partial charge in [0, 0.05) is 0 Å². The van der Waals surface area contributed by atoms with Gasteiger partial charge in [0.2, 0.25) is 0 Å². The Morgan fingerprint density at radius 1 is 1.24 bits per heavy atom. The van der Waals surface area contributed by atoms with Gasteiger partial charge in [-0.05, 0) is 37.0 Å². The van der Waals surface area contributed by atoms with Crippen molar-refractivity contribution in [3.05, 3.63) is 24.3 Å². The SMILES string of the molecule is CCCOC(=O)NC(=S)Nc1ccccc1NC(=S)SC. The molecule has 0 saturated heterocycles. The first-order chi connectivity index (χ1) is 10.1. The van der Waals surface area contributed by atoms with Crippen LogP contribution in [0.2, 0.25) is 0 Å². The number of para-hydroxylation sites is 2. The Balaban J connectivity index is 2.63. The first-order valence-corrected chi connectivity index (χ1v) is 8.29. The lowest BCUT2D eigenvalue weighted by Crippen LogP contribution is -2.34. The summed E-state index contributed by atoms with van der Waals surface area (Å²) < 4.78 is 5.54. The van der Waals surface area contributed by atoms with Crippen LogP contribution in [0.1, 0.15) is 13.3 Å². The zero-order chi connectivity index (χ0) is 15.7. The van der Waals surface area contributed by atoms with Crippen LogP contribution in [-0.4, -0.2) is 28.4 Å². The third-order valence-corrected chi connectivity index (χ3v) is 3.53. The van der Waals surface area contributed by atoms with Crippen LogP contribution >= 0.6 is 36.2 Å². The zero-order valence-electron chi connectivity index (χ0n) is 11.8. The first kappa shape index (κ1) is 17.7. The van der Waals surface area contributed by atoms with E-state index in [0.29, 0.717) is 10.9 Å². The van der Waals surface area contributed by atoms with E-state index < -0.39 is 6.09 Å². The quantitative estimate of drug-likeness (QED) is 0.722. The fraction of sp³-hybridized carbons (Fsp3) is 0.308. The van der Waals surface area contributed by atoms with Crippen LogP contribution in [0.15, 0.2) is 24.3 Å². The van der Waals surface area contributed by atoms with Gasteiger partial charge < -0.3 is 15.4 Å². The number of anilines is 2. The van der Waals surface area contributed by atoms with E-state index in [2.05, 4.69) is 16.0 Å². The average Bonchev–Trinajstić information content (AvgIpc) is 2.46. The molecule has 114 valence electrons. The number of carbonyl (C=O) groups excluding carboxylic acids is 1. The van der Waals surface area contributed by atoms with Crippen molar-refractivity contribution in [3.63, 3.8) is 0 Å². The fourth-order valence-electron chi connectivity index (χ4n) is 1.34. The normalized spacial score (nSPS) is 9.62. The number of nitrogens with one attached hydrogen (secondary N) is 3. The summed E-state index contributed by atoms with van der Waals surface area (Å²) in [5.41, 5.74) is 1.50. The second-order valence-corrected chi connectivity index (χ2v) is 5.77. The Kier molecular flexibility index (Phi) is 8.03. The van der Waals surface area contributed by atoms with Crippen molar-refractivity contribution < 1.29 is 9.53 Å². The summed E-state index contributed by atoms with van der Waals surface area (Å²) in [5, 5.41) is 8.64. The largest absolute Gasteiger partial charge is 0.449 e. The summed E-state index contributed by atoms with van der Waals surface area (Å²) in [7, 11) is 0. The van der Waals surface area contributed by atoms with Crippen LogP contribution in [0.3, 0.4) is 0 Å². The van der Waals surface area contributed by atoms with Gasteiger partial charge in [-0.1, -0.05) is 31.3 Å². The first-order valence-electron chi connectivity index (χ1n) is 6.25. The molecule has 1 rings (SSSR count). The van der Waals surface area contributed by atoms with E-state index in [9.17, 15) is 4.79 Å². The molecule has 5 nitrogen and oxygen atoms in total. The number of hydrogen-bond donors (Lipinski definition) is 3. The van der Waals surface area contributed by atoms with E-state index in [1.807, 2.05) is 37.4 Å². The van der Waals surface area contributed by atoms with Crippen LogP contribution in [0, 0.1) is 0 Å². The third-order valence-electron chi connectivity index (χ3n) is 2.25. The average molecular weight is 343 g/mol. The molecule has 3 N–H and O–H groups in total. The van der Waals surface area contributed by atoms with Gasteiger partial charge in [-0.2, -0.15) is 0 Å². The molecule has 0 bridgehead atoms. The van der Waals surface area contributed by atoms with Crippen molar-refractivity contribution in [3.8, 4) is 0 Å². The fourth-order valence-corrected chi connectivity index (χ4v) is 1.85. The number of amides is 1. The molecule has 0 spiro atoms. The lowest BCUT2D eigenvalue weighted by atomic mass is 10.2. The van der Waals surface area contributed by atoms with Crippen LogP contribution in [0.25, 0.3) is 0 Å². The number of thiocarbonyl (C=S) groups is 2. The van der Waals surface area contributed by atoms with Crippen LogP contribution in [0.5, 0.6) is 0 Å². The molecule has 8 heteroatoms. The monoisotopic (exact) mass is 343 g/mol. The Hall–Kier alpha value is -1.38. The van der Waals surface area contributed by atoms with Gasteiger partial charge in [-0.15, -0.1) is 11.8 Å². The topological polar surface area (TPSA) is 62.4 Å². The van der Waals surface area contributed by atoms with Crippen molar-refractivity contribution in [1.29, 1.82) is 0 Å². The summed E-state index contributed by atoms with van der Waals surface area (Å²) >= 11 is 11.6. The van der Waals surface area contributed by atoms with Crippen molar-refractivity contribution in [2.75, 3.05) is 23.5 Å². The van der Waals surface area contributed by atoms with Crippen molar-refractivity contribution in [2.45, 2.75) is 13.3 Å². The second-order valence-electron chi connectivity index (χ2n) is 3.88. The second kappa shape index (κ2) is 9.54. The minimum Gasteiger partial charge on any atom is -0.449 e. The minimum absolute atomic E-state index is 0.167. The van der Waals surface area contributed by atoms with Gasteiger partial charge in [0.1, 0.15) is 4.32 Å². The van der Waals surface area contributed by atoms with Crippen molar-refractivity contribution in [2.24, 2.45) is 0 Å². The highest BCUT2D eigenvalue weighted by molar-refractivity contribution is 8.22. The summed E-state index contributed by atoms with van der Waals surface area (Å²) in [4.78, 5) is 11.4. The van der Waals surface area contributed by atoms with Crippen molar-refractivity contribution >= 4 is 63.1 Å². The summed E-state index contributed by atoms with van der Waals surface area (Å²) in [6, 6.07) is 7.43. The summed E-state index contributed by atoms with van der Waals surface area (Å²) in [6.45, 7) is 2.27. The number of rotatable bonds is 4. The molecule has 1 amide bonds. The molecule has 1 aromatic rings. The summed E-state index contributed by atoms with van der Waals surface area (Å²) in [5.74, 6) is 0. The van der Waals surface area contributed by atoms with E-state index in [4.69, 9.17) is 29.2 Å². The van der Waals surface area contributed by atoms with Gasteiger partial charge in [-0.25, -0.2) is 4.79 Å². The molecule has 0 radical (unpaired) electrons. The highest BCUT2D eigenvalue weighted by Crippen LogP contribution is 2.22. The zero-order valence-corrected chi connectivity index (χ0v) is 14.2. The predicted molar refractivity (Wildman–Crippen MR) is 97.2 cm³/mol. The van der Waals surface area contributed by atoms with E-state index in [0.717, 1.165) is 17.8 Å². The molecular weight excluding hydrogens is 326 g/mol. The molecule has 0 heterocycles. The molecule has 0 aliphatic heterocycles. The highest BCUT2D eigenvalue weighted by Gasteiger charge is 2.08. The molecule has 0 aliphatic carbocycles. The highest BCUT2D eigenvalue weighted by atomic mass is 32.2. The third kappa shape index (κ3) is 6.74. The maximum Gasteiger partial charge on any atom is 0.413 e. The molecule has 0 aromatic heterocycles. The smallest absolute Gasteiger partial charge is 0.413 e. The molecule has 0 atom stereocenters.